The minimum Gasteiger partial charge on any atom is -0.311 e. The summed E-state index contributed by atoms with van der Waals surface area (Å²) in [6, 6.07) is 22.3. The topological polar surface area (TPSA) is 63.9 Å². The molecule has 172 valence electrons. The first-order valence-corrected chi connectivity index (χ1v) is 13.1. The van der Waals surface area contributed by atoms with Crippen LogP contribution in [0.5, 0.6) is 0 Å². The minimum atomic E-state index is 0.0874. The predicted molar refractivity (Wildman–Crippen MR) is 138 cm³/mol. The summed E-state index contributed by atoms with van der Waals surface area (Å²) in [4.78, 5) is 20.7. The fourth-order valence-corrected chi connectivity index (χ4v) is 5.89. The van der Waals surface area contributed by atoms with E-state index in [0.717, 1.165) is 45.7 Å². The number of amides is 1. The van der Waals surface area contributed by atoms with Crippen LogP contribution in [0.2, 0.25) is 0 Å². The third kappa shape index (κ3) is 5.03. The number of hydrogen-bond donors (Lipinski definition) is 0. The van der Waals surface area contributed by atoms with Gasteiger partial charge in [-0.25, -0.2) is 0 Å². The second kappa shape index (κ2) is 10.4. The van der Waals surface area contributed by atoms with Crippen molar-refractivity contribution in [2.24, 2.45) is 0 Å². The Kier molecular flexibility index (Phi) is 6.97. The minimum absolute atomic E-state index is 0.0874. The van der Waals surface area contributed by atoms with Gasteiger partial charge in [0.1, 0.15) is 0 Å². The van der Waals surface area contributed by atoms with Gasteiger partial charge in [-0.2, -0.15) is 0 Å². The van der Waals surface area contributed by atoms with E-state index in [1.54, 1.807) is 12.4 Å². The molecular weight excluding hydrogens is 462 g/mol. The second-order valence-corrected chi connectivity index (χ2v) is 10.6. The molecule has 0 unspecified atom stereocenters. The van der Waals surface area contributed by atoms with Crippen LogP contribution in [0.3, 0.4) is 0 Å². The number of thioether (sulfide) groups is 2. The number of carbonyl (C=O) groups is 1. The summed E-state index contributed by atoms with van der Waals surface area (Å²) < 4.78 is 2.07. The average Bonchev–Trinajstić information content (AvgIpc) is 3.18. The Morgan fingerprint density at radius 1 is 1.06 bits per heavy atom. The Morgan fingerprint density at radius 2 is 1.88 bits per heavy atom. The van der Waals surface area contributed by atoms with Gasteiger partial charge < -0.3 is 4.90 Å². The summed E-state index contributed by atoms with van der Waals surface area (Å²) in [5.41, 5.74) is 3.05. The first-order chi connectivity index (χ1) is 16.7. The van der Waals surface area contributed by atoms with E-state index >= 15 is 0 Å². The quantitative estimate of drug-likeness (QED) is 0.340. The Labute approximate surface area is 207 Å². The molecule has 1 aliphatic rings. The standard InChI is InChI=1S/C26H25N5OS2/c1-19-13-15-30(22-11-5-6-12-23(22)34-19)24(32)18-33-26-29-28-25(21-10-7-14-27-16-21)31(26)17-20-8-3-2-4-9-20/h2-12,14,16,19H,13,15,17-18H2,1H3/t19-/m0/s1. The molecule has 1 aliphatic heterocycles. The summed E-state index contributed by atoms with van der Waals surface area (Å²) in [5.74, 6) is 1.13. The van der Waals surface area contributed by atoms with E-state index in [-0.39, 0.29) is 5.91 Å². The molecule has 0 bridgehead atoms. The van der Waals surface area contributed by atoms with Crippen LogP contribution in [-0.4, -0.2) is 43.2 Å². The van der Waals surface area contributed by atoms with Crippen molar-refractivity contribution in [2.45, 2.75) is 35.2 Å². The average molecular weight is 488 g/mol. The van der Waals surface area contributed by atoms with Gasteiger partial charge in [-0.3, -0.25) is 14.3 Å². The third-order valence-electron chi connectivity index (χ3n) is 5.69. The van der Waals surface area contributed by atoms with Crippen LogP contribution >= 0.6 is 23.5 Å². The summed E-state index contributed by atoms with van der Waals surface area (Å²) >= 11 is 3.28. The van der Waals surface area contributed by atoms with E-state index in [4.69, 9.17) is 0 Å². The number of anilines is 1. The molecular formula is C26H25N5OS2. The maximum Gasteiger partial charge on any atom is 0.237 e. The normalized spacial score (nSPS) is 15.6. The molecule has 0 N–H and O–H groups in total. The van der Waals surface area contributed by atoms with Crippen molar-refractivity contribution in [1.82, 2.24) is 19.7 Å². The molecule has 4 aromatic rings. The Hall–Kier alpha value is -3.10. The molecule has 0 aliphatic carbocycles. The highest BCUT2D eigenvalue weighted by molar-refractivity contribution is 8.00. The molecule has 2 aromatic carbocycles. The molecule has 0 saturated carbocycles. The van der Waals surface area contributed by atoms with Gasteiger partial charge in [-0.15, -0.1) is 22.0 Å². The summed E-state index contributed by atoms with van der Waals surface area (Å²) in [6.45, 7) is 3.56. The zero-order valence-electron chi connectivity index (χ0n) is 18.9. The van der Waals surface area contributed by atoms with E-state index in [1.165, 1.54) is 11.8 Å². The second-order valence-electron chi connectivity index (χ2n) is 8.14. The largest absolute Gasteiger partial charge is 0.311 e. The number of aromatic nitrogens is 4. The van der Waals surface area contributed by atoms with Gasteiger partial charge in [-0.1, -0.05) is 61.2 Å². The lowest BCUT2D eigenvalue weighted by atomic mass is 10.2. The van der Waals surface area contributed by atoms with Crippen LogP contribution < -0.4 is 4.90 Å². The van der Waals surface area contributed by atoms with Gasteiger partial charge in [0.15, 0.2) is 11.0 Å². The molecule has 5 rings (SSSR count). The fourth-order valence-electron chi connectivity index (χ4n) is 3.96. The molecule has 0 radical (unpaired) electrons. The summed E-state index contributed by atoms with van der Waals surface area (Å²) in [5, 5.41) is 10.1. The van der Waals surface area contributed by atoms with Gasteiger partial charge in [0.25, 0.3) is 0 Å². The monoisotopic (exact) mass is 487 g/mol. The van der Waals surface area contributed by atoms with Crippen LogP contribution in [0.25, 0.3) is 11.4 Å². The maximum absolute atomic E-state index is 13.4. The van der Waals surface area contributed by atoms with Crippen LogP contribution in [0.4, 0.5) is 5.69 Å². The first kappa shape index (κ1) is 22.7. The smallest absolute Gasteiger partial charge is 0.237 e. The van der Waals surface area contributed by atoms with Crippen molar-refractivity contribution in [3.8, 4) is 11.4 Å². The highest BCUT2D eigenvalue weighted by atomic mass is 32.2. The lowest BCUT2D eigenvalue weighted by Crippen LogP contribution is -2.33. The first-order valence-electron chi connectivity index (χ1n) is 11.3. The molecule has 34 heavy (non-hydrogen) atoms. The van der Waals surface area contributed by atoms with Crippen molar-refractivity contribution in [1.29, 1.82) is 0 Å². The molecule has 0 fully saturated rings. The number of para-hydroxylation sites is 1. The SMILES string of the molecule is C[C@H]1CCN(C(=O)CSc2nnc(-c3cccnc3)n2Cc2ccccc2)c2ccccc2S1. The molecule has 6 nitrogen and oxygen atoms in total. The van der Waals surface area contributed by atoms with Crippen molar-refractivity contribution in [3.63, 3.8) is 0 Å². The molecule has 0 spiro atoms. The number of nitrogens with zero attached hydrogens (tertiary/aromatic N) is 5. The van der Waals surface area contributed by atoms with Crippen LogP contribution in [0.1, 0.15) is 18.9 Å². The number of hydrogen-bond acceptors (Lipinski definition) is 6. The molecule has 1 atom stereocenters. The zero-order valence-corrected chi connectivity index (χ0v) is 20.5. The predicted octanol–water partition coefficient (Wildman–Crippen LogP) is 5.40. The number of rotatable bonds is 6. The Bertz CT molecular complexity index is 1260. The fraction of sp³-hybridized carbons (Fsp3) is 0.231. The molecule has 3 heterocycles. The Morgan fingerprint density at radius 3 is 2.71 bits per heavy atom. The molecule has 1 amide bonds. The third-order valence-corrected chi connectivity index (χ3v) is 7.88. The van der Waals surface area contributed by atoms with Gasteiger partial charge >= 0.3 is 0 Å². The van der Waals surface area contributed by atoms with Gasteiger partial charge in [0, 0.05) is 34.6 Å². The van der Waals surface area contributed by atoms with E-state index < -0.39 is 0 Å². The molecule has 0 saturated heterocycles. The highest BCUT2D eigenvalue weighted by Crippen LogP contribution is 2.37. The molecule has 8 heteroatoms. The van der Waals surface area contributed by atoms with Crippen molar-refractivity contribution in [2.75, 3.05) is 17.2 Å². The highest BCUT2D eigenvalue weighted by Gasteiger charge is 2.25. The van der Waals surface area contributed by atoms with Gasteiger partial charge in [-0.05, 0) is 36.2 Å². The zero-order chi connectivity index (χ0) is 23.3. The van der Waals surface area contributed by atoms with Crippen molar-refractivity contribution >= 4 is 35.1 Å². The van der Waals surface area contributed by atoms with Gasteiger partial charge in [0.05, 0.1) is 18.0 Å². The maximum atomic E-state index is 13.4. The number of fused-ring (bicyclic) bond motifs is 1. The lowest BCUT2D eigenvalue weighted by Gasteiger charge is -2.22. The van der Waals surface area contributed by atoms with Gasteiger partial charge in [0.2, 0.25) is 5.91 Å². The molecule has 2 aromatic heterocycles. The summed E-state index contributed by atoms with van der Waals surface area (Å²) in [6.07, 6.45) is 4.50. The number of pyridine rings is 1. The summed E-state index contributed by atoms with van der Waals surface area (Å²) in [7, 11) is 0. The lowest BCUT2D eigenvalue weighted by molar-refractivity contribution is -0.116. The van der Waals surface area contributed by atoms with E-state index in [1.807, 2.05) is 65.2 Å². The van der Waals surface area contributed by atoms with Crippen molar-refractivity contribution < 1.29 is 4.79 Å². The van der Waals surface area contributed by atoms with Crippen LogP contribution in [-0.2, 0) is 11.3 Å². The van der Waals surface area contributed by atoms with E-state index in [9.17, 15) is 4.79 Å². The Balaban J connectivity index is 1.39. The number of carbonyl (C=O) groups excluding carboxylic acids is 1. The van der Waals surface area contributed by atoms with Crippen LogP contribution in [0, 0.1) is 0 Å². The van der Waals surface area contributed by atoms with E-state index in [2.05, 4.69) is 44.9 Å². The number of benzene rings is 2. The van der Waals surface area contributed by atoms with Crippen LogP contribution in [0.15, 0.2) is 89.2 Å². The van der Waals surface area contributed by atoms with E-state index in [0.29, 0.717) is 17.5 Å². The van der Waals surface area contributed by atoms with Crippen molar-refractivity contribution in [3.05, 3.63) is 84.7 Å².